The standard InChI is InChI=1S/C22H22FN3OS/c1-15-14-20(18-6-4-3-5-7-18)26-22(25-15)28-16(2)21(27)24-13-12-17-8-10-19(23)11-9-17/h3-11,14,16H,12-13H2,1-2H3,(H,24,27)/t16-/m0/s1. The lowest BCUT2D eigenvalue weighted by Crippen LogP contribution is -2.32. The maximum absolute atomic E-state index is 12.9. The molecule has 1 N–H and O–H groups in total. The van der Waals surface area contributed by atoms with Gasteiger partial charge in [0.1, 0.15) is 5.82 Å². The van der Waals surface area contributed by atoms with E-state index >= 15 is 0 Å². The minimum Gasteiger partial charge on any atom is -0.355 e. The Bertz CT molecular complexity index is 932. The lowest BCUT2D eigenvalue weighted by atomic mass is 10.1. The molecule has 0 aliphatic carbocycles. The molecule has 144 valence electrons. The molecule has 3 aromatic rings. The molecule has 28 heavy (non-hydrogen) atoms. The molecule has 0 spiro atoms. The van der Waals surface area contributed by atoms with Crippen LogP contribution in [-0.4, -0.2) is 27.7 Å². The quantitative estimate of drug-likeness (QED) is 0.475. The molecule has 3 rings (SSSR count). The molecule has 1 amide bonds. The molecule has 1 atom stereocenters. The molecule has 0 unspecified atom stereocenters. The summed E-state index contributed by atoms with van der Waals surface area (Å²) >= 11 is 1.34. The van der Waals surface area contributed by atoms with Crippen molar-refractivity contribution < 1.29 is 9.18 Å². The fourth-order valence-corrected chi connectivity index (χ4v) is 3.54. The van der Waals surface area contributed by atoms with Crippen LogP contribution in [0.15, 0.2) is 65.8 Å². The molecule has 1 aromatic heterocycles. The number of aryl methyl sites for hydroxylation is 1. The molecule has 0 radical (unpaired) electrons. The number of nitrogens with zero attached hydrogens (tertiary/aromatic N) is 2. The molecule has 0 fully saturated rings. The van der Waals surface area contributed by atoms with Crippen molar-refractivity contribution in [2.75, 3.05) is 6.54 Å². The van der Waals surface area contributed by atoms with Crippen molar-refractivity contribution in [3.05, 3.63) is 77.7 Å². The first-order valence-corrected chi connectivity index (χ1v) is 9.99. The van der Waals surface area contributed by atoms with E-state index in [2.05, 4.69) is 15.3 Å². The van der Waals surface area contributed by atoms with Gasteiger partial charge in [0.25, 0.3) is 0 Å². The minimum atomic E-state index is -0.321. The molecular formula is C22H22FN3OS. The van der Waals surface area contributed by atoms with Crippen molar-refractivity contribution >= 4 is 17.7 Å². The average molecular weight is 396 g/mol. The van der Waals surface area contributed by atoms with E-state index in [4.69, 9.17) is 0 Å². The number of carbonyl (C=O) groups excluding carboxylic acids is 1. The molecule has 1 heterocycles. The summed E-state index contributed by atoms with van der Waals surface area (Å²) in [7, 11) is 0. The first-order valence-electron chi connectivity index (χ1n) is 9.11. The molecule has 2 aromatic carbocycles. The summed E-state index contributed by atoms with van der Waals surface area (Å²) in [5.74, 6) is -0.329. The number of aromatic nitrogens is 2. The number of benzene rings is 2. The van der Waals surface area contributed by atoms with Crippen LogP contribution < -0.4 is 5.32 Å². The summed E-state index contributed by atoms with van der Waals surface area (Å²) in [6, 6.07) is 18.1. The largest absolute Gasteiger partial charge is 0.355 e. The summed E-state index contributed by atoms with van der Waals surface area (Å²) in [4.78, 5) is 21.4. The summed E-state index contributed by atoms with van der Waals surface area (Å²) in [5.41, 5.74) is 3.71. The predicted molar refractivity (Wildman–Crippen MR) is 111 cm³/mol. The van der Waals surface area contributed by atoms with Crippen LogP contribution in [0.1, 0.15) is 18.2 Å². The first-order chi connectivity index (χ1) is 13.5. The van der Waals surface area contributed by atoms with Crippen molar-refractivity contribution in [1.29, 1.82) is 0 Å². The smallest absolute Gasteiger partial charge is 0.233 e. The van der Waals surface area contributed by atoms with Crippen molar-refractivity contribution in [3.8, 4) is 11.3 Å². The van der Waals surface area contributed by atoms with Crippen LogP contribution in [0.3, 0.4) is 0 Å². The van der Waals surface area contributed by atoms with E-state index < -0.39 is 0 Å². The molecule has 0 saturated carbocycles. The van der Waals surface area contributed by atoms with E-state index in [1.807, 2.05) is 50.2 Å². The molecule has 0 bridgehead atoms. The van der Waals surface area contributed by atoms with Crippen LogP contribution >= 0.6 is 11.8 Å². The number of nitrogens with one attached hydrogen (secondary N) is 1. The molecule has 0 aliphatic heterocycles. The van der Waals surface area contributed by atoms with Crippen molar-refractivity contribution in [3.63, 3.8) is 0 Å². The van der Waals surface area contributed by atoms with E-state index in [1.54, 1.807) is 12.1 Å². The van der Waals surface area contributed by atoms with E-state index in [-0.39, 0.29) is 17.0 Å². The number of hydrogen-bond donors (Lipinski definition) is 1. The van der Waals surface area contributed by atoms with Gasteiger partial charge in [0, 0.05) is 17.8 Å². The number of thioether (sulfide) groups is 1. The van der Waals surface area contributed by atoms with Crippen LogP contribution in [0.4, 0.5) is 4.39 Å². The second-order valence-electron chi connectivity index (χ2n) is 6.47. The topological polar surface area (TPSA) is 54.9 Å². The zero-order valence-electron chi connectivity index (χ0n) is 15.9. The van der Waals surface area contributed by atoms with Crippen molar-refractivity contribution in [2.45, 2.75) is 30.7 Å². The van der Waals surface area contributed by atoms with Gasteiger partial charge in [-0.3, -0.25) is 4.79 Å². The van der Waals surface area contributed by atoms with Crippen molar-refractivity contribution in [1.82, 2.24) is 15.3 Å². The molecule has 0 saturated heterocycles. The van der Waals surface area contributed by atoms with E-state index in [9.17, 15) is 9.18 Å². The summed E-state index contributed by atoms with van der Waals surface area (Å²) in [6.07, 6.45) is 0.655. The summed E-state index contributed by atoms with van der Waals surface area (Å²) < 4.78 is 12.9. The van der Waals surface area contributed by atoms with Gasteiger partial charge in [-0.15, -0.1) is 0 Å². The summed E-state index contributed by atoms with van der Waals surface area (Å²) in [5, 5.41) is 3.18. The third kappa shape index (κ3) is 5.63. The minimum absolute atomic E-state index is 0.0709. The number of halogens is 1. The van der Waals surface area contributed by atoms with Crippen LogP contribution in [0.25, 0.3) is 11.3 Å². The monoisotopic (exact) mass is 395 g/mol. The normalized spacial score (nSPS) is 11.8. The highest BCUT2D eigenvalue weighted by molar-refractivity contribution is 8.00. The number of amides is 1. The van der Waals surface area contributed by atoms with Crippen LogP contribution in [0.5, 0.6) is 0 Å². The van der Waals surface area contributed by atoms with E-state index in [1.165, 1.54) is 23.9 Å². The van der Waals surface area contributed by atoms with Crippen LogP contribution in [0.2, 0.25) is 0 Å². The average Bonchev–Trinajstić information content (AvgIpc) is 2.69. The van der Waals surface area contributed by atoms with Gasteiger partial charge in [0.05, 0.1) is 10.9 Å². The number of carbonyl (C=O) groups is 1. The van der Waals surface area contributed by atoms with Gasteiger partial charge in [-0.1, -0.05) is 54.2 Å². The maximum Gasteiger partial charge on any atom is 0.233 e. The van der Waals surface area contributed by atoms with Crippen LogP contribution in [0, 0.1) is 12.7 Å². The molecule has 4 nitrogen and oxygen atoms in total. The Morgan fingerprint density at radius 2 is 1.82 bits per heavy atom. The Balaban J connectivity index is 1.57. The van der Waals surface area contributed by atoms with Gasteiger partial charge in [-0.25, -0.2) is 14.4 Å². The zero-order valence-corrected chi connectivity index (χ0v) is 16.7. The van der Waals surface area contributed by atoms with Gasteiger partial charge >= 0.3 is 0 Å². The highest BCUT2D eigenvalue weighted by atomic mass is 32.2. The second-order valence-corrected chi connectivity index (χ2v) is 7.78. The third-order valence-electron chi connectivity index (χ3n) is 4.18. The molecule has 0 aliphatic rings. The van der Waals surface area contributed by atoms with Crippen LogP contribution in [-0.2, 0) is 11.2 Å². The third-order valence-corrected chi connectivity index (χ3v) is 5.14. The van der Waals surface area contributed by atoms with E-state index in [0.29, 0.717) is 18.1 Å². The van der Waals surface area contributed by atoms with Gasteiger partial charge < -0.3 is 5.32 Å². The Kier molecular flexibility index (Phi) is 6.76. The maximum atomic E-state index is 12.9. The van der Waals surface area contributed by atoms with Crippen molar-refractivity contribution in [2.24, 2.45) is 0 Å². The highest BCUT2D eigenvalue weighted by Gasteiger charge is 2.16. The Labute approximate surface area is 168 Å². The SMILES string of the molecule is Cc1cc(-c2ccccc2)nc(S[C@@H](C)C(=O)NCCc2ccc(F)cc2)n1. The van der Waals surface area contributed by atoms with Gasteiger partial charge in [0.15, 0.2) is 5.16 Å². The fourth-order valence-electron chi connectivity index (χ4n) is 2.69. The molecular weight excluding hydrogens is 373 g/mol. The zero-order chi connectivity index (χ0) is 19.9. The number of rotatable bonds is 7. The fraction of sp³-hybridized carbons (Fsp3) is 0.227. The summed E-state index contributed by atoms with van der Waals surface area (Å²) in [6.45, 7) is 4.26. The lowest BCUT2D eigenvalue weighted by Gasteiger charge is -2.12. The Hall–Kier alpha value is -2.73. The highest BCUT2D eigenvalue weighted by Crippen LogP contribution is 2.24. The predicted octanol–water partition coefficient (Wildman–Crippen LogP) is 4.43. The second kappa shape index (κ2) is 9.46. The first kappa shape index (κ1) is 20.0. The van der Waals surface area contributed by atoms with Gasteiger partial charge in [-0.2, -0.15) is 0 Å². The Morgan fingerprint density at radius 3 is 2.54 bits per heavy atom. The lowest BCUT2D eigenvalue weighted by molar-refractivity contribution is -0.120. The van der Waals surface area contributed by atoms with E-state index in [0.717, 1.165) is 22.5 Å². The molecule has 6 heteroatoms. The number of hydrogen-bond acceptors (Lipinski definition) is 4. The Morgan fingerprint density at radius 1 is 1.11 bits per heavy atom. The van der Waals surface area contributed by atoms with Gasteiger partial charge in [0.2, 0.25) is 5.91 Å². The van der Waals surface area contributed by atoms with Gasteiger partial charge in [-0.05, 0) is 44.0 Å².